The quantitative estimate of drug-likeness (QED) is 0.810. The van der Waals surface area contributed by atoms with Gasteiger partial charge in [-0.1, -0.05) is 12.1 Å². The van der Waals surface area contributed by atoms with E-state index < -0.39 is 0 Å². The van der Waals surface area contributed by atoms with E-state index in [1.807, 2.05) is 38.1 Å². The highest BCUT2D eigenvalue weighted by Crippen LogP contribution is 2.27. The van der Waals surface area contributed by atoms with Crippen LogP contribution in [0.15, 0.2) is 24.3 Å². The van der Waals surface area contributed by atoms with Gasteiger partial charge < -0.3 is 20.1 Å². The Kier molecular flexibility index (Phi) is 5.44. The molecular weight excluding hydrogens is 268 g/mol. The molecule has 116 valence electrons. The molecule has 0 spiro atoms. The number of aliphatic hydroxyl groups excluding tert-OH is 1. The molecule has 1 unspecified atom stereocenters. The van der Waals surface area contributed by atoms with Crippen LogP contribution in [0.1, 0.15) is 38.3 Å². The zero-order chi connectivity index (χ0) is 15.2. The number of carbonyl (C=O) groups is 1. The summed E-state index contributed by atoms with van der Waals surface area (Å²) in [6, 6.07) is 7.83. The molecule has 1 saturated carbocycles. The van der Waals surface area contributed by atoms with E-state index in [1.54, 1.807) is 4.90 Å². The Hall–Kier alpha value is -1.75. The maximum absolute atomic E-state index is 12.3. The highest BCUT2D eigenvalue weighted by atomic mass is 16.5. The Bertz CT molecular complexity index is 474. The number of amides is 2. The van der Waals surface area contributed by atoms with E-state index in [0.29, 0.717) is 19.2 Å². The van der Waals surface area contributed by atoms with Crippen molar-refractivity contribution in [1.29, 1.82) is 0 Å². The van der Waals surface area contributed by atoms with Crippen molar-refractivity contribution >= 4 is 6.03 Å². The van der Waals surface area contributed by atoms with E-state index in [4.69, 9.17) is 9.84 Å². The Morgan fingerprint density at radius 2 is 2.29 bits per heavy atom. The van der Waals surface area contributed by atoms with E-state index in [0.717, 1.165) is 24.2 Å². The van der Waals surface area contributed by atoms with E-state index in [2.05, 4.69) is 5.32 Å². The van der Waals surface area contributed by atoms with Crippen molar-refractivity contribution in [1.82, 2.24) is 10.2 Å². The van der Waals surface area contributed by atoms with Gasteiger partial charge in [-0.3, -0.25) is 0 Å². The van der Waals surface area contributed by atoms with Crippen molar-refractivity contribution in [2.24, 2.45) is 0 Å². The lowest BCUT2D eigenvalue weighted by Crippen LogP contribution is -2.43. The molecule has 1 aliphatic carbocycles. The van der Waals surface area contributed by atoms with Gasteiger partial charge in [0.25, 0.3) is 0 Å². The standard InChI is InChI=1S/C16H24N2O3/c1-3-21-15-6-4-5-13(11-15)12(2)17-16(20)18(9-10-19)14-7-8-14/h4-6,11-12,14,19H,3,7-10H2,1-2H3,(H,17,20). The minimum atomic E-state index is -0.110. The number of benzene rings is 1. The fraction of sp³-hybridized carbons (Fsp3) is 0.562. The minimum absolute atomic E-state index is 0.00186. The third-order valence-electron chi connectivity index (χ3n) is 3.60. The highest BCUT2D eigenvalue weighted by Gasteiger charge is 2.32. The monoisotopic (exact) mass is 292 g/mol. The summed E-state index contributed by atoms with van der Waals surface area (Å²) in [6.07, 6.45) is 2.06. The molecular formula is C16H24N2O3. The molecule has 2 rings (SSSR count). The van der Waals surface area contributed by atoms with Gasteiger partial charge in [0.1, 0.15) is 5.75 Å². The molecule has 0 bridgehead atoms. The number of nitrogens with one attached hydrogen (secondary N) is 1. The van der Waals surface area contributed by atoms with Crippen LogP contribution in [0.25, 0.3) is 0 Å². The van der Waals surface area contributed by atoms with Gasteiger partial charge in [0.05, 0.1) is 19.3 Å². The molecule has 2 amide bonds. The molecule has 0 heterocycles. The number of rotatable bonds is 7. The first-order valence-corrected chi connectivity index (χ1v) is 7.56. The number of hydrogen-bond donors (Lipinski definition) is 2. The molecule has 1 aromatic rings. The average molecular weight is 292 g/mol. The first-order chi connectivity index (χ1) is 10.2. The molecule has 1 atom stereocenters. The van der Waals surface area contributed by atoms with Crippen LogP contribution < -0.4 is 10.1 Å². The number of hydrogen-bond acceptors (Lipinski definition) is 3. The summed E-state index contributed by atoms with van der Waals surface area (Å²) in [4.78, 5) is 14.0. The lowest BCUT2D eigenvalue weighted by molar-refractivity contribution is 0.171. The lowest BCUT2D eigenvalue weighted by atomic mass is 10.1. The predicted molar refractivity (Wildman–Crippen MR) is 81.4 cm³/mol. The van der Waals surface area contributed by atoms with E-state index >= 15 is 0 Å². The molecule has 1 aromatic carbocycles. The van der Waals surface area contributed by atoms with Crippen LogP contribution in [0, 0.1) is 0 Å². The third kappa shape index (κ3) is 4.36. The molecule has 0 radical (unpaired) electrons. The second-order valence-electron chi connectivity index (χ2n) is 5.32. The summed E-state index contributed by atoms with van der Waals surface area (Å²) < 4.78 is 5.48. The van der Waals surface area contributed by atoms with Crippen molar-refractivity contribution in [2.75, 3.05) is 19.8 Å². The Morgan fingerprint density at radius 3 is 2.90 bits per heavy atom. The van der Waals surface area contributed by atoms with Gasteiger partial charge in [0.2, 0.25) is 0 Å². The Labute approximate surface area is 125 Å². The van der Waals surface area contributed by atoms with Crippen LogP contribution in [0.5, 0.6) is 5.75 Å². The zero-order valence-corrected chi connectivity index (χ0v) is 12.7. The van der Waals surface area contributed by atoms with Gasteiger partial charge in [0, 0.05) is 12.6 Å². The highest BCUT2D eigenvalue weighted by molar-refractivity contribution is 5.75. The smallest absolute Gasteiger partial charge is 0.318 e. The fourth-order valence-corrected chi connectivity index (χ4v) is 2.34. The average Bonchev–Trinajstić information content (AvgIpc) is 3.29. The van der Waals surface area contributed by atoms with E-state index in [1.165, 1.54) is 0 Å². The number of carbonyl (C=O) groups excluding carboxylic acids is 1. The number of urea groups is 1. The van der Waals surface area contributed by atoms with Crippen molar-refractivity contribution in [3.05, 3.63) is 29.8 Å². The summed E-state index contributed by atoms with van der Waals surface area (Å²) in [5.74, 6) is 0.811. The van der Waals surface area contributed by atoms with Crippen LogP contribution in [0.4, 0.5) is 4.79 Å². The summed E-state index contributed by atoms with van der Waals surface area (Å²) in [5, 5.41) is 12.1. The topological polar surface area (TPSA) is 61.8 Å². The van der Waals surface area contributed by atoms with Crippen molar-refractivity contribution in [3.63, 3.8) is 0 Å². The zero-order valence-electron chi connectivity index (χ0n) is 12.7. The maximum Gasteiger partial charge on any atom is 0.318 e. The summed E-state index contributed by atoms with van der Waals surface area (Å²) in [6.45, 7) is 4.91. The molecule has 0 aliphatic heterocycles. The second kappa shape index (κ2) is 7.31. The van der Waals surface area contributed by atoms with Crippen LogP contribution >= 0.6 is 0 Å². The van der Waals surface area contributed by atoms with Crippen molar-refractivity contribution in [2.45, 2.75) is 38.8 Å². The first kappa shape index (κ1) is 15.6. The summed E-state index contributed by atoms with van der Waals surface area (Å²) >= 11 is 0. The number of nitrogens with zero attached hydrogens (tertiary/aromatic N) is 1. The SMILES string of the molecule is CCOc1cccc(C(C)NC(=O)N(CCO)C2CC2)c1. The van der Waals surface area contributed by atoms with Crippen LogP contribution in [-0.2, 0) is 0 Å². The van der Waals surface area contributed by atoms with Crippen LogP contribution in [0.3, 0.4) is 0 Å². The van der Waals surface area contributed by atoms with Crippen molar-refractivity contribution in [3.8, 4) is 5.75 Å². The van der Waals surface area contributed by atoms with Gasteiger partial charge in [0.15, 0.2) is 0 Å². The molecule has 0 saturated heterocycles. The van der Waals surface area contributed by atoms with Gasteiger partial charge in [-0.25, -0.2) is 4.79 Å². The van der Waals surface area contributed by atoms with Crippen LogP contribution in [-0.4, -0.2) is 41.8 Å². The molecule has 1 aliphatic rings. The van der Waals surface area contributed by atoms with Gasteiger partial charge in [-0.05, 0) is 44.4 Å². The first-order valence-electron chi connectivity index (χ1n) is 7.56. The molecule has 5 heteroatoms. The molecule has 0 aromatic heterocycles. The number of ether oxygens (including phenoxy) is 1. The molecule has 5 nitrogen and oxygen atoms in total. The van der Waals surface area contributed by atoms with Gasteiger partial charge in [-0.15, -0.1) is 0 Å². The maximum atomic E-state index is 12.3. The summed E-state index contributed by atoms with van der Waals surface area (Å²) in [5.41, 5.74) is 1.01. The van der Waals surface area contributed by atoms with Gasteiger partial charge in [-0.2, -0.15) is 0 Å². The molecule has 21 heavy (non-hydrogen) atoms. The summed E-state index contributed by atoms with van der Waals surface area (Å²) in [7, 11) is 0. The molecule has 1 fully saturated rings. The minimum Gasteiger partial charge on any atom is -0.494 e. The predicted octanol–water partition coefficient (Wildman–Crippen LogP) is 2.31. The number of aliphatic hydroxyl groups is 1. The third-order valence-corrected chi connectivity index (χ3v) is 3.60. The Morgan fingerprint density at radius 1 is 1.52 bits per heavy atom. The fourth-order valence-electron chi connectivity index (χ4n) is 2.34. The van der Waals surface area contributed by atoms with Crippen LogP contribution in [0.2, 0.25) is 0 Å². The van der Waals surface area contributed by atoms with E-state index in [-0.39, 0.29) is 18.7 Å². The van der Waals surface area contributed by atoms with Gasteiger partial charge >= 0.3 is 6.03 Å². The largest absolute Gasteiger partial charge is 0.494 e. The Balaban J connectivity index is 1.97. The lowest BCUT2D eigenvalue weighted by Gasteiger charge is -2.24. The normalized spacial score (nSPS) is 15.4. The van der Waals surface area contributed by atoms with Crippen molar-refractivity contribution < 1.29 is 14.6 Å². The molecule has 2 N–H and O–H groups in total. The van der Waals surface area contributed by atoms with E-state index in [9.17, 15) is 4.79 Å². The second-order valence-corrected chi connectivity index (χ2v) is 5.32.